The maximum Gasteiger partial charge on any atom is 0.313 e. The lowest BCUT2D eigenvalue weighted by Gasteiger charge is -2.35. The number of carbonyl (C=O) groups is 1. The Morgan fingerprint density at radius 2 is 2.50 bits per heavy atom. The number of rotatable bonds is 4. The van der Waals surface area contributed by atoms with E-state index < -0.39 is 5.97 Å². The SMILES string of the molecule is Cc1cn(C2(C)CCCOC2)c(SCC(=O)O)n1. The number of thioether (sulfide) groups is 1. The highest BCUT2D eigenvalue weighted by Gasteiger charge is 2.31. The molecule has 1 atom stereocenters. The van der Waals surface area contributed by atoms with Gasteiger partial charge in [0.15, 0.2) is 5.16 Å². The number of carboxylic acid groups (broad SMARTS) is 1. The van der Waals surface area contributed by atoms with Gasteiger partial charge in [0.25, 0.3) is 0 Å². The molecular weight excluding hydrogens is 252 g/mol. The molecule has 0 amide bonds. The zero-order valence-electron chi connectivity index (χ0n) is 10.7. The molecular formula is C12H18N2O3S. The second-order valence-corrected chi connectivity index (χ2v) is 5.81. The molecule has 2 rings (SSSR count). The minimum atomic E-state index is -0.822. The molecule has 1 aromatic rings. The Kier molecular flexibility index (Phi) is 3.97. The van der Waals surface area contributed by atoms with E-state index in [4.69, 9.17) is 9.84 Å². The van der Waals surface area contributed by atoms with Crippen LogP contribution >= 0.6 is 11.8 Å². The highest BCUT2D eigenvalue weighted by atomic mass is 32.2. The number of hydrogen-bond acceptors (Lipinski definition) is 4. The van der Waals surface area contributed by atoms with Crippen molar-refractivity contribution in [2.24, 2.45) is 0 Å². The molecule has 18 heavy (non-hydrogen) atoms. The van der Waals surface area contributed by atoms with Crippen molar-refractivity contribution in [3.8, 4) is 0 Å². The maximum absolute atomic E-state index is 10.7. The number of aryl methyl sites for hydroxylation is 1. The average molecular weight is 270 g/mol. The number of ether oxygens (including phenoxy) is 1. The molecule has 5 nitrogen and oxygen atoms in total. The predicted octanol–water partition coefficient (Wildman–Crippen LogP) is 1.89. The Hall–Kier alpha value is -1.01. The number of carboxylic acids is 1. The van der Waals surface area contributed by atoms with Crippen LogP contribution in [0.4, 0.5) is 0 Å². The van der Waals surface area contributed by atoms with Gasteiger partial charge >= 0.3 is 5.97 Å². The molecule has 0 saturated carbocycles. The normalized spacial score (nSPS) is 24.1. The molecule has 1 saturated heterocycles. The summed E-state index contributed by atoms with van der Waals surface area (Å²) in [6.07, 6.45) is 4.04. The Morgan fingerprint density at radius 1 is 1.72 bits per heavy atom. The van der Waals surface area contributed by atoms with Gasteiger partial charge in [-0.15, -0.1) is 0 Å². The van der Waals surface area contributed by atoms with E-state index in [9.17, 15) is 4.79 Å². The van der Waals surface area contributed by atoms with E-state index in [1.54, 1.807) is 0 Å². The largest absolute Gasteiger partial charge is 0.481 e. The van der Waals surface area contributed by atoms with Crippen LogP contribution in [-0.4, -0.2) is 39.6 Å². The number of nitrogens with zero attached hydrogens (tertiary/aromatic N) is 2. The number of aromatic nitrogens is 2. The van der Waals surface area contributed by atoms with E-state index >= 15 is 0 Å². The van der Waals surface area contributed by atoms with E-state index in [0.717, 1.165) is 30.3 Å². The third-order valence-electron chi connectivity index (χ3n) is 3.12. The van der Waals surface area contributed by atoms with Gasteiger partial charge in [0.05, 0.1) is 23.6 Å². The fourth-order valence-electron chi connectivity index (χ4n) is 2.20. The third kappa shape index (κ3) is 2.87. The van der Waals surface area contributed by atoms with E-state index in [2.05, 4.69) is 16.5 Å². The Bertz CT molecular complexity index is 439. The molecule has 1 unspecified atom stereocenters. The zero-order valence-corrected chi connectivity index (χ0v) is 11.5. The van der Waals surface area contributed by atoms with Crippen LogP contribution < -0.4 is 0 Å². The summed E-state index contributed by atoms with van der Waals surface area (Å²) in [6, 6.07) is 0. The van der Waals surface area contributed by atoms with Crippen molar-refractivity contribution in [2.45, 2.75) is 37.4 Å². The second-order valence-electron chi connectivity index (χ2n) is 4.87. The maximum atomic E-state index is 10.7. The van der Waals surface area contributed by atoms with Crippen LogP contribution in [0.2, 0.25) is 0 Å². The molecule has 6 heteroatoms. The van der Waals surface area contributed by atoms with Crippen molar-refractivity contribution in [1.82, 2.24) is 9.55 Å². The van der Waals surface area contributed by atoms with Gasteiger partial charge in [0, 0.05) is 12.8 Å². The van der Waals surface area contributed by atoms with Crippen molar-refractivity contribution in [3.05, 3.63) is 11.9 Å². The molecule has 1 aliphatic heterocycles. The second kappa shape index (κ2) is 5.32. The lowest BCUT2D eigenvalue weighted by atomic mass is 9.95. The van der Waals surface area contributed by atoms with Crippen LogP contribution in [-0.2, 0) is 15.1 Å². The lowest BCUT2D eigenvalue weighted by Crippen LogP contribution is -2.39. The van der Waals surface area contributed by atoms with Crippen molar-refractivity contribution in [2.75, 3.05) is 19.0 Å². The highest BCUT2D eigenvalue weighted by molar-refractivity contribution is 7.99. The molecule has 100 valence electrons. The standard InChI is InChI=1S/C12H18N2O3S/c1-9-6-14(11(13-9)18-7-10(15)16)12(2)4-3-5-17-8-12/h6H,3-5,7-8H2,1-2H3,(H,15,16). The Morgan fingerprint density at radius 3 is 3.11 bits per heavy atom. The van der Waals surface area contributed by atoms with Crippen LogP contribution in [0, 0.1) is 6.92 Å². The molecule has 0 aliphatic carbocycles. The van der Waals surface area contributed by atoms with Gasteiger partial charge in [-0.05, 0) is 26.7 Å². The molecule has 0 aromatic carbocycles. The van der Waals surface area contributed by atoms with Gasteiger partial charge in [0.2, 0.25) is 0 Å². The summed E-state index contributed by atoms with van der Waals surface area (Å²) in [4.78, 5) is 15.1. The average Bonchev–Trinajstić information content (AvgIpc) is 2.70. The fourth-order valence-corrected chi connectivity index (χ4v) is 3.07. The number of imidazole rings is 1. The van der Waals surface area contributed by atoms with Crippen LogP contribution in [0.5, 0.6) is 0 Å². The highest BCUT2D eigenvalue weighted by Crippen LogP contribution is 2.32. The monoisotopic (exact) mass is 270 g/mol. The van der Waals surface area contributed by atoms with Crippen molar-refractivity contribution in [3.63, 3.8) is 0 Å². The first-order valence-electron chi connectivity index (χ1n) is 6.00. The Balaban J connectivity index is 2.22. The van der Waals surface area contributed by atoms with Gasteiger partial charge in [0.1, 0.15) is 0 Å². The first-order chi connectivity index (χ1) is 8.51. The van der Waals surface area contributed by atoms with Crippen molar-refractivity contribution < 1.29 is 14.6 Å². The molecule has 0 radical (unpaired) electrons. The molecule has 1 N–H and O–H groups in total. The summed E-state index contributed by atoms with van der Waals surface area (Å²) in [5.74, 6) is -0.787. The molecule has 1 aliphatic rings. The predicted molar refractivity (Wildman–Crippen MR) is 69.0 cm³/mol. The summed E-state index contributed by atoms with van der Waals surface area (Å²) in [6.45, 7) is 5.52. The van der Waals surface area contributed by atoms with E-state index in [0.29, 0.717) is 6.61 Å². The fraction of sp³-hybridized carbons (Fsp3) is 0.667. The molecule has 1 aromatic heterocycles. The molecule has 2 heterocycles. The molecule has 1 fully saturated rings. The first-order valence-corrected chi connectivity index (χ1v) is 6.99. The lowest BCUT2D eigenvalue weighted by molar-refractivity contribution is -0.133. The van der Waals surface area contributed by atoms with Gasteiger partial charge < -0.3 is 14.4 Å². The van der Waals surface area contributed by atoms with Gasteiger partial charge in [-0.1, -0.05) is 11.8 Å². The smallest absolute Gasteiger partial charge is 0.313 e. The summed E-state index contributed by atoms with van der Waals surface area (Å²) in [5, 5.41) is 9.53. The third-order valence-corrected chi connectivity index (χ3v) is 4.05. The minimum absolute atomic E-state index is 0.0351. The van der Waals surface area contributed by atoms with Gasteiger partial charge in [-0.2, -0.15) is 0 Å². The minimum Gasteiger partial charge on any atom is -0.481 e. The quantitative estimate of drug-likeness (QED) is 0.846. The van der Waals surface area contributed by atoms with Crippen LogP contribution in [0.25, 0.3) is 0 Å². The summed E-state index contributed by atoms with van der Waals surface area (Å²) >= 11 is 1.26. The van der Waals surface area contributed by atoms with E-state index in [1.165, 1.54) is 11.8 Å². The summed E-state index contributed by atoms with van der Waals surface area (Å²) in [5.41, 5.74) is 0.801. The summed E-state index contributed by atoms with van der Waals surface area (Å²) in [7, 11) is 0. The van der Waals surface area contributed by atoms with Gasteiger partial charge in [-0.25, -0.2) is 4.98 Å². The van der Waals surface area contributed by atoms with Crippen LogP contribution in [0.3, 0.4) is 0 Å². The Labute approximate surface area is 111 Å². The molecule has 0 spiro atoms. The van der Waals surface area contributed by atoms with Crippen molar-refractivity contribution >= 4 is 17.7 Å². The zero-order chi connectivity index (χ0) is 13.2. The molecule has 0 bridgehead atoms. The summed E-state index contributed by atoms with van der Waals surface area (Å²) < 4.78 is 7.63. The van der Waals surface area contributed by atoms with Crippen LogP contribution in [0.15, 0.2) is 11.4 Å². The van der Waals surface area contributed by atoms with Crippen LogP contribution in [0.1, 0.15) is 25.5 Å². The van der Waals surface area contributed by atoms with Gasteiger partial charge in [-0.3, -0.25) is 4.79 Å². The van der Waals surface area contributed by atoms with E-state index in [-0.39, 0.29) is 11.3 Å². The van der Waals surface area contributed by atoms with Crippen molar-refractivity contribution in [1.29, 1.82) is 0 Å². The number of hydrogen-bond donors (Lipinski definition) is 1. The number of aliphatic carboxylic acids is 1. The first kappa shape index (κ1) is 13.4. The topological polar surface area (TPSA) is 64.3 Å². The van der Waals surface area contributed by atoms with E-state index in [1.807, 2.05) is 13.1 Å².